The van der Waals surface area contributed by atoms with Crippen LogP contribution in [0.25, 0.3) is 11.1 Å². The fraction of sp³-hybridized carbons (Fsp3) is 0.286. The number of hydrogen-bond acceptors (Lipinski definition) is 3. The zero-order valence-electron chi connectivity index (χ0n) is 10.9. The lowest BCUT2D eigenvalue weighted by Crippen LogP contribution is -2.39. The van der Waals surface area contributed by atoms with Crippen LogP contribution in [0.3, 0.4) is 0 Å². The van der Waals surface area contributed by atoms with E-state index in [-0.39, 0.29) is 28.9 Å². The number of H-pyrrole nitrogens is 1. The summed E-state index contributed by atoms with van der Waals surface area (Å²) in [4.78, 5) is 27.0. The normalized spacial score (nSPS) is 18.1. The fourth-order valence-corrected chi connectivity index (χ4v) is 2.74. The average molecular weight is 311 g/mol. The van der Waals surface area contributed by atoms with Crippen molar-refractivity contribution in [1.82, 2.24) is 9.55 Å². The summed E-state index contributed by atoms with van der Waals surface area (Å²) in [6.07, 6.45) is 0.557. The molecular weight excluding hydrogens is 299 g/mol. The fourth-order valence-electron chi connectivity index (χ4n) is 2.48. The Balaban J connectivity index is 2.27. The van der Waals surface area contributed by atoms with Crippen LogP contribution in [-0.2, 0) is 4.74 Å². The van der Waals surface area contributed by atoms with E-state index < -0.39 is 17.1 Å². The Kier molecular flexibility index (Phi) is 3.65. The van der Waals surface area contributed by atoms with E-state index in [4.69, 9.17) is 16.3 Å². The molecule has 2 heterocycles. The van der Waals surface area contributed by atoms with Crippen LogP contribution in [0, 0.1) is 5.82 Å². The summed E-state index contributed by atoms with van der Waals surface area (Å²) in [5.74, 6) is -0.572. The number of halogens is 2. The number of ether oxygens (including phenoxy) is 1. The predicted molar refractivity (Wildman–Crippen MR) is 76.2 cm³/mol. The minimum atomic E-state index is -0.611. The van der Waals surface area contributed by atoms with Crippen LogP contribution >= 0.6 is 11.6 Å². The molecule has 0 saturated carbocycles. The molecule has 0 aliphatic carbocycles. The van der Waals surface area contributed by atoms with Crippen molar-refractivity contribution in [1.29, 1.82) is 0 Å². The van der Waals surface area contributed by atoms with Crippen molar-refractivity contribution < 1.29 is 9.13 Å². The van der Waals surface area contributed by atoms with Gasteiger partial charge >= 0.3 is 5.69 Å². The van der Waals surface area contributed by atoms with Crippen molar-refractivity contribution in [3.63, 3.8) is 0 Å². The van der Waals surface area contributed by atoms with Gasteiger partial charge in [0, 0.05) is 12.2 Å². The first-order valence-electron chi connectivity index (χ1n) is 6.46. The molecule has 5 nitrogen and oxygen atoms in total. The molecule has 1 N–H and O–H groups in total. The zero-order valence-corrected chi connectivity index (χ0v) is 11.7. The largest absolute Gasteiger partial charge is 0.379 e. The van der Waals surface area contributed by atoms with Crippen LogP contribution in [0.1, 0.15) is 12.5 Å². The van der Waals surface area contributed by atoms with Gasteiger partial charge < -0.3 is 4.74 Å². The first-order chi connectivity index (χ1) is 10.1. The number of aromatic amines is 1. The summed E-state index contributed by atoms with van der Waals surface area (Å²) in [5.41, 5.74) is -1.19. The molecule has 1 atom stereocenters. The number of nitrogens with zero attached hydrogens (tertiary/aromatic N) is 1. The van der Waals surface area contributed by atoms with E-state index in [2.05, 4.69) is 4.98 Å². The molecule has 1 fully saturated rings. The summed E-state index contributed by atoms with van der Waals surface area (Å²) in [6, 6.07) is 5.44. The number of rotatable bonds is 2. The van der Waals surface area contributed by atoms with Crippen LogP contribution < -0.4 is 11.2 Å². The van der Waals surface area contributed by atoms with E-state index in [1.807, 2.05) is 0 Å². The van der Waals surface area contributed by atoms with Crippen LogP contribution in [0.2, 0.25) is 5.15 Å². The molecule has 0 bridgehead atoms. The van der Waals surface area contributed by atoms with E-state index >= 15 is 0 Å². The van der Waals surface area contributed by atoms with Gasteiger partial charge in [-0.1, -0.05) is 29.8 Å². The molecule has 3 rings (SSSR count). The lowest BCUT2D eigenvalue weighted by Gasteiger charge is -2.13. The van der Waals surface area contributed by atoms with Crippen molar-refractivity contribution in [3.05, 3.63) is 56.1 Å². The molecule has 110 valence electrons. The van der Waals surface area contributed by atoms with Crippen molar-refractivity contribution in [2.24, 2.45) is 0 Å². The van der Waals surface area contributed by atoms with Gasteiger partial charge in [0.1, 0.15) is 11.0 Å². The summed E-state index contributed by atoms with van der Waals surface area (Å²) in [6.45, 7) is 0.759. The van der Waals surface area contributed by atoms with Gasteiger partial charge in [-0.15, -0.1) is 0 Å². The number of nitrogens with one attached hydrogen (secondary N) is 1. The number of aromatic nitrogens is 2. The molecule has 1 aromatic heterocycles. The lowest BCUT2D eigenvalue weighted by atomic mass is 10.1. The lowest BCUT2D eigenvalue weighted by molar-refractivity contribution is 0.185. The molecule has 0 radical (unpaired) electrons. The summed E-state index contributed by atoms with van der Waals surface area (Å²) < 4.78 is 20.2. The maximum Gasteiger partial charge on any atom is 0.329 e. The molecular formula is C14H12ClFN2O3. The second kappa shape index (κ2) is 5.46. The molecule has 1 aliphatic rings. The molecule has 2 aromatic rings. The molecule has 0 spiro atoms. The van der Waals surface area contributed by atoms with Crippen LogP contribution in [0.15, 0.2) is 33.9 Å². The number of hydrogen-bond donors (Lipinski definition) is 1. The van der Waals surface area contributed by atoms with Gasteiger partial charge in [0.15, 0.2) is 0 Å². The van der Waals surface area contributed by atoms with Gasteiger partial charge in [-0.2, -0.15) is 0 Å². The minimum Gasteiger partial charge on any atom is -0.379 e. The summed E-state index contributed by atoms with van der Waals surface area (Å²) in [7, 11) is 0. The van der Waals surface area contributed by atoms with Gasteiger partial charge in [0.2, 0.25) is 0 Å². The van der Waals surface area contributed by atoms with E-state index in [1.54, 1.807) is 6.07 Å². The second-order valence-electron chi connectivity index (χ2n) is 4.79. The Labute approximate surface area is 123 Å². The number of benzene rings is 1. The second-order valence-corrected chi connectivity index (χ2v) is 5.17. The highest BCUT2D eigenvalue weighted by molar-refractivity contribution is 6.32. The molecule has 1 aromatic carbocycles. The molecule has 7 heteroatoms. The summed E-state index contributed by atoms with van der Waals surface area (Å²) >= 11 is 5.95. The quantitative estimate of drug-likeness (QED) is 0.862. The van der Waals surface area contributed by atoms with E-state index in [0.717, 1.165) is 4.57 Å². The van der Waals surface area contributed by atoms with Crippen LogP contribution in [0.4, 0.5) is 4.39 Å². The van der Waals surface area contributed by atoms with Crippen molar-refractivity contribution in [2.75, 3.05) is 13.2 Å². The molecule has 1 saturated heterocycles. The third-order valence-electron chi connectivity index (χ3n) is 3.50. The van der Waals surface area contributed by atoms with Gasteiger partial charge in [-0.25, -0.2) is 9.18 Å². The topological polar surface area (TPSA) is 64.1 Å². The molecule has 1 aliphatic heterocycles. The van der Waals surface area contributed by atoms with Crippen molar-refractivity contribution in [3.8, 4) is 11.1 Å². The minimum absolute atomic E-state index is 0.0405. The van der Waals surface area contributed by atoms with Gasteiger partial charge in [0.05, 0.1) is 18.2 Å². The standard InChI is InChI=1S/C14H12ClFN2O3/c15-12-11(9-3-1-2-4-10(9)16)13(19)18(14(20)17-12)8-5-6-21-7-8/h1-4,8H,5-7H2,(H,17,20). The van der Waals surface area contributed by atoms with Crippen LogP contribution in [-0.4, -0.2) is 22.8 Å². The zero-order chi connectivity index (χ0) is 15.0. The molecule has 1 unspecified atom stereocenters. The van der Waals surface area contributed by atoms with E-state index in [1.165, 1.54) is 18.2 Å². The van der Waals surface area contributed by atoms with E-state index in [9.17, 15) is 14.0 Å². The third kappa shape index (κ3) is 2.41. The Morgan fingerprint density at radius 3 is 2.76 bits per heavy atom. The Morgan fingerprint density at radius 1 is 1.33 bits per heavy atom. The van der Waals surface area contributed by atoms with Gasteiger partial charge in [0.25, 0.3) is 5.56 Å². The maximum absolute atomic E-state index is 13.9. The molecule has 0 amide bonds. The third-order valence-corrected chi connectivity index (χ3v) is 3.79. The van der Waals surface area contributed by atoms with Gasteiger partial charge in [-0.3, -0.25) is 14.3 Å². The Hall–Kier alpha value is -1.92. The first kappa shape index (κ1) is 14.0. The maximum atomic E-state index is 13.9. The first-order valence-corrected chi connectivity index (χ1v) is 6.84. The SMILES string of the molecule is O=c1[nH]c(Cl)c(-c2ccccc2F)c(=O)n1C1CCOC1. The average Bonchev–Trinajstić information content (AvgIpc) is 2.94. The predicted octanol–water partition coefficient (Wildman–Crippen LogP) is 1.96. The van der Waals surface area contributed by atoms with E-state index in [0.29, 0.717) is 13.0 Å². The highest BCUT2D eigenvalue weighted by Crippen LogP contribution is 2.25. The summed E-state index contributed by atoms with van der Waals surface area (Å²) in [5, 5.41) is -0.162. The van der Waals surface area contributed by atoms with Crippen LogP contribution in [0.5, 0.6) is 0 Å². The monoisotopic (exact) mass is 310 g/mol. The van der Waals surface area contributed by atoms with Gasteiger partial charge in [-0.05, 0) is 12.5 Å². The Bertz CT molecular complexity index is 794. The Morgan fingerprint density at radius 2 is 2.10 bits per heavy atom. The highest BCUT2D eigenvalue weighted by Gasteiger charge is 2.25. The molecule has 21 heavy (non-hydrogen) atoms. The smallest absolute Gasteiger partial charge is 0.329 e. The highest BCUT2D eigenvalue weighted by atomic mass is 35.5. The van der Waals surface area contributed by atoms with Crippen molar-refractivity contribution in [2.45, 2.75) is 12.5 Å². The van der Waals surface area contributed by atoms with Crippen molar-refractivity contribution >= 4 is 11.6 Å².